The summed E-state index contributed by atoms with van der Waals surface area (Å²) in [4.78, 5) is 17.0. The zero-order valence-electron chi connectivity index (χ0n) is 14.6. The molecule has 1 aromatic carbocycles. The zero-order chi connectivity index (χ0) is 18.3. The Morgan fingerprint density at radius 2 is 2.19 bits per heavy atom. The minimum atomic E-state index is -0.284. The van der Waals surface area contributed by atoms with Crippen LogP contribution in [-0.4, -0.2) is 21.6 Å². The summed E-state index contributed by atoms with van der Waals surface area (Å²) in [5.41, 5.74) is 3.51. The lowest BCUT2D eigenvalue weighted by atomic mass is 10.00. The van der Waals surface area contributed by atoms with E-state index in [4.69, 9.17) is 16.0 Å². The van der Waals surface area contributed by atoms with Crippen LogP contribution in [0.2, 0.25) is 5.15 Å². The number of furan rings is 1. The average molecular weight is 368 g/mol. The summed E-state index contributed by atoms with van der Waals surface area (Å²) in [6.45, 7) is 3.84. The molecule has 0 fully saturated rings. The fourth-order valence-corrected chi connectivity index (χ4v) is 3.51. The Bertz CT molecular complexity index is 1010. The van der Waals surface area contributed by atoms with Crippen molar-refractivity contribution in [1.29, 1.82) is 0 Å². The van der Waals surface area contributed by atoms with Gasteiger partial charge in [-0.05, 0) is 36.8 Å². The molecule has 1 unspecified atom stereocenters. The second-order valence-corrected chi connectivity index (χ2v) is 6.76. The molecule has 3 heterocycles. The van der Waals surface area contributed by atoms with Gasteiger partial charge in [-0.2, -0.15) is 5.10 Å². The molecule has 1 aliphatic rings. The first-order valence-corrected chi connectivity index (χ1v) is 8.95. The normalized spacial score (nSPS) is 17.0. The molecule has 1 amide bonds. The molecule has 0 saturated carbocycles. The van der Waals surface area contributed by atoms with E-state index in [9.17, 15) is 4.79 Å². The number of hydrogen-bond acceptors (Lipinski definition) is 4. The first-order valence-electron chi connectivity index (χ1n) is 8.57. The minimum absolute atomic E-state index is 0.0587. The highest BCUT2D eigenvalue weighted by Gasteiger charge is 2.35. The molecule has 4 rings (SSSR count). The summed E-state index contributed by atoms with van der Waals surface area (Å²) >= 11 is 6.50. The number of carbonyl (C=O) groups excluding carboxylic acids is 1. The van der Waals surface area contributed by atoms with E-state index in [0.29, 0.717) is 23.8 Å². The van der Waals surface area contributed by atoms with Crippen LogP contribution in [0.4, 0.5) is 0 Å². The Labute approximate surface area is 156 Å². The fourth-order valence-electron chi connectivity index (χ4n) is 3.24. The van der Waals surface area contributed by atoms with E-state index in [2.05, 4.69) is 10.1 Å². The number of aromatic nitrogens is 1. The summed E-state index contributed by atoms with van der Waals surface area (Å²) in [6, 6.07) is 11.4. The summed E-state index contributed by atoms with van der Waals surface area (Å²) in [5, 5.41) is 7.42. The van der Waals surface area contributed by atoms with Crippen LogP contribution in [0.5, 0.6) is 0 Å². The number of aryl methyl sites for hydroxylation is 1. The van der Waals surface area contributed by atoms with Crippen LogP contribution in [0.15, 0.2) is 52.2 Å². The van der Waals surface area contributed by atoms with Gasteiger partial charge in [-0.3, -0.25) is 4.79 Å². The van der Waals surface area contributed by atoms with Gasteiger partial charge < -0.3 is 4.42 Å². The SMILES string of the molecule is CCC(=O)N1N=C(c2ccco2)CC1c1cc2ccc(C)cc2nc1Cl. The summed E-state index contributed by atoms with van der Waals surface area (Å²) in [6.07, 6.45) is 2.51. The molecule has 0 saturated heterocycles. The smallest absolute Gasteiger partial charge is 0.242 e. The van der Waals surface area contributed by atoms with E-state index in [-0.39, 0.29) is 11.9 Å². The fraction of sp³-hybridized carbons (Fsp3) is 0.250. The minimum Gasteiger partial charge on any atom is -0.463 e. The Morgan fingerprint density at radius 3 is 2.92 bits per heavy atom. The molecule has 0 bridgehead atoms. The van der Waals surface area contributed by atoms with Gasteiger partial charge in [0, 0.05) is 23.8 Å². The molecule has 0 radical (unpaired) electrons. The molecule has 2 aromatic heterocycles. The van der Waals surface area contributed by atoms with E-state index in [1.807, 2.05) is 50.2 Å². The van der Waals surface area contributed by atoms with Crippen molar-refractivity contribution in [1.82, 2.24) is 9.99 Å². The number of nitrogens with zero attached hydrogens (tertiary/aromatic N) is 3. The highest BCUT2D eigenvalue weighted by molar-refractivity contribution is 6.30. The number of carbonyl (C=O) groups is 1. The van der Waals surface area contributed by atoms with Crippen molar-refractivity contribution in [3.63, 3.8) is 0 Å². The lowest BCUT2D eigenvalue weighted by Gasteiger charge is -2.22. The van der Waals surface area contributed by atoms with Crippen molar-refractivity contribution in [2.75, 3.05) is 0 Å². The maximum Gasteiger partial charge on any atom is 0.242 e. The van der Waals surface area contributed by atoms with Crippen LogP contribution in [0.3, 0.4) is 0 Å². The largest absolute Gasteiger partial charge is 0.463 e. The predicted octanol–water partition coefficient (Wildman–Crippen LogP) is 4.88. The van der Waals surface area contributed by atoms with Crippen molar-refractivity contribution in [3.8, 4) is 0 Å². The van der Waals surface area contributed by atoms with E-state index < -0.39 is 0 Å². The Kier molecular flexibility index (Phi) is 4.24. The van der Waals surface area contributed by atoms with Gasteiger partial charge in [-0.25, -0.2) is 9.99 Å². The molecule has 1 aliphatic heterocycles. The van der Waals surface area contributed by atoms with Crippen molar-refractivity contribution < 1.29 is 9.21 Å². The van der Waals surface area contributed by atoms with E-state index in [1.54, 1.807) is 6.26 Å². The lowest BCUT2D eigenvalue weighted by molar-refractivity contribution is -0.132. The van der Waals surface area contributed by atoms with E-state index in [1.165, 1.54) is 5.01 Å². The Morgan fingerprint density at radius 1 is 1.35 bits per heavy atom. The topological polar surface area (TPSA) is 58.7 Å². The summed E-state index contributed by atoms with van der Waals surface area (Å²) < 4.78 is 5.46. The molecule has 3 aromatic rings. The number of hydrazone groups is 1. The summed E-state index contributed by atoms with van der Waals surface area (Å²) in [5.74, 6) is 0.610. The third kappa shape index (κ3) is 2.88. The van der Waals surface area contributed by atoms with Gasteiger partial charge in [-0.15, -0.1) is 0 Å². The third-order valence-corrected chi connectivity index (χ3v) is 4.89. The van der Waals surface area contributed by atoms with Crippen molar-refractivity contribution in [2.24, 2.45) is 5.10 Å². The maximum atomic E-state index is 12.5. The van der Waals surface area contributed by atoms with Crippen LogP contribution in [0.1, 0.15) is 42.7 Å². The highest BCUT2D eigenvalue weighted by Crippen LogP contribution is 2.37. The van der Waals surface area contributed by atoms with Gasteiger partial charge in [-0.1, -0.05) is 30.7 Å². The molecule has 6 heteroatoms. The molecule has 0 aliphatic carbocycles. The highest BCUT2D eigenvalue weighted by atomic mass is 35.5. The zero-order valence-corrected chi connectivity index (χ0v) is 15.3. The van der Waals surface area contributed by atoms with E-state index >= 15 is 0 Å². The monoisotopic (exact) mass is 367 g/mol. The number of benzene rings is 1. The number of amides is 1. The van der Waals surface area contributed by atoms with E-state index in [0.717, 1.165) is 27.7 Å². The van der Waals surface area contributed by atoms with Crippen molar-refractivity contribution >= 4 is 34.1 Å². The quantitative estimate of drug-likeness (QED) is 0.620. The second kappa shape index (κ2) is 6.57. The number of halogens is 1. The van der Waals surface area contributed by atoms with Crippen LogP contribution < -0.4 is 0 Å². The van der Waals surface area contributed by atoms with Gasteiger partial charge >= 0.3 is 0 Å². The summed E-state index contributed by atoms with van der Waals surface area (Å²) in [7, 11) is 0. The average Bonchev–Trinajstić information content (AvgIpc) is 3.30. The molecule has 26 heavy (non-hydrogen) atoms. The predicted molar refractivity (Wildman–Crippen MR) is 101 cm³/mol. The first kappa shape index (κ1) is 16.8. The van der Waals surface area contributed by atoms with Crippen LogP contribution >= 0.6 is 11.6 Å². The van der Waals surface area contributed by atoms with Crippen LogP contribution in [-0.2, 0) is 4.79 Å². The molecule has 132 valence electrons. The van der Waals surface area contributed by atoms with Crippen molar-refractivity contribution in [3.05, 3.63) is 64.7 Å². The van der Waals surface area contributed by atoms with Crippen LogP contribution in [0.25, 0.3) is 10.9 Å². The van der Waals surface area contributed by atoms with Crippen molar-refractivity contribution in [2.45, 2.75) is 32.7 Å². The van der Waals surface area contributed by atoms with Gasteiger partial charge in [0.15, 0.2) is 0 Å². The van der Waals surface area contributed by atoms with Gasteiger partial charge in [0.05, 0.1) is 17.8 Å². The van der Waals surface area contributed by atoms with Gasteiger partial charge in [0.1, 0.15) is 16.6 Å². The van der Waals surface area contributed by atoms with Gasteiger partial charge in [0.2, 0.25) is 5.91 Å². The Balaban J connectivity index is 1.78. The maximum absolute atomic E-state index is 12.5. The lowest BCUT2D eigenvalue weighted by Crippen LogP contribution is -2.26. The first-order chi connectivity index (χ1) is 12.6. The van der Waals surface area contributed by atoms with Crippen LogP contribution in [0, 0.1) is 6.92 Å². The molecule has 0 spiro atoms. The molecule has 0 N–H and O–H groups in total. The third-order valence-electron chi connectivity index (χ3n) is 4.59. The molecule has 1 atom stereocenters. The number of rotatable bonds is 3. The molecular formula is C20H18ClN3O2. The number of fused-ring (bicyclic) bond motifs is 1. The molecular weight excluding hydrogens is 350 g/mol. The number of hydrogen-bond donors (Lipinski definition) is 0. The number of pyridine rings is 1. The second-order valence-electron chi connectivity index (χ2n) is 6.40. The molecule has 5 nitrogen and oxygen atoms in total. The standard InChI is InChI=1S/C20H18ClN3O2/c1-3-19(25)24-17(11-16(23-24)18-5-4-8-26-18)14-10-13-7-6-12(2)9-15(13)22-20(14)21/h4-10,17H,3,11H2,1-2H3. The Hall–Kier alpha value is -2.66. The van der Waals surface area contributed by atoms with Gasteiger partial charge in [0.25, 0.3) is 0 Å².